The zero-order valence-electron chi connectivity index (χ0n) is 9.17. The molecule has 17 heavy (non-hydrogen) atoms. The van der Waals surface area contributed by atoms with E-state index in [1.165, 1.54) is 0 Å². The first kappa shape index (κ1) is 13.3. The Morgan fingerprint density at radius 2 is 2.24 bits per heavy atom. The van der Waals surface area contributed by atoms with Crippen molar-refractivity contribution >= 4 is 44.4 Å². The summed E-state index contributed by atoms with van der Waals surface area (Å²) in [7, 11) is 0. The highest BCUT2D eigenvalue weighted by molar-refractivity contribution is 14.1. The van der Waals surface area contributed by atoms with Crippen molar-refractivity contribution < 1.29 is 9.90 Å². The average Bonchev–Trinajstić information content (AvgIpc) is 3.10. The molecule has 3 nitrogen and oxygen atoms in total. The minimum absolute atomic E-state index is 0.0485. The van der Waals surface area contributed by atoms with Gasteiger partial charge in [0.25, 0.3) is 5.91 Å². The molecule has 1 aliphatic carbocycles. The highest BCUT2D eigenvalue weighted by Crippen LogP contribution is 2.44. The first-order valence-corrected chi connectivity index (χ1v) is 7.28. The molecule has 2 rings (SSSR count). The smallest absolute Gasteiger partial charge is 0.252 e. The van der Waals surface area contributed by atoms with Gasteiger partial charge in [0.15, 0.2) is 0 Å². The fraction of sp³-hybridized carbons (Fsp3) is 0.417. The zero-order chi connectivity index (χ0) is 12.5. The Labute approximate surface area is 122 Å². The lowest BCUT2D eigenvalue weighted by molar-refractivity contribution is 0.0934. The van der Waals surface area contributed by atoms with Gasteiger partial charge in [0, 0.05) is 20.0 Å². The molecular formula is C12H13BrINO2. The number of carbonyl (C=O) groups is 1. The maximum atomic E-state index is 12.0. The van der Waals surface area contributed by atoms with E-state index in [-0.39, 0.29) is 17.9 Å². The molecule has 0 atom stereocenters. The standard InChI is InChI=1S/C12H13BrINO2/c13-8-1-2-10(14)9(5-8)11(17)15-6-12(7-16)3-4-12/h1-2,5,16H,3-4,6-7H2,(H,15,17). The van der Waals surface area contributed by atoms with Crippen molar-refractivity contribution in [2.45, 2.75) is 12.8 Å². The van der Waals surface area contributed by atoms with Crippen molar-refractivity contribution in [3.05, 3.63) is 31.8 Å². The summed E-state index contributed by atoms with van der Waals surface area (Å²) in [5, 5.41) is 12.1. The van der Waals surface area contributed by atoms with Gasteiger partial charge in [-0.1, -0.05) is 15.9 Å². The second-order valence-electron chi connectivity index (χ2n) is 4.46. The van der Waals surface area contributed by atoms with Crippen molar-refractivity contribution in [3.8, 4) is 0 Å². The highest BCUT2D eigenvalue weighted by Gasteiger charge is 2.42. The monoisotopic (exact) mass is 409 g/mol. The molecule has 0 radical (unpaired) electrons. The molecular weight excluding hydrogens is 397 g/mol. The fourth-order valence-corrected chi connectivity index (χ4v) is 2.54. The predicted octanol–water partition coefficient (Wildman–Crippen LogP) is 2.56. The van der Waals surface area contributed by atoms with Crippen LogP contribution >= 0.6 is 38.5 Å². The molecule has 92 valence electrons. The van der Waals surface area contributed by atoms with Crippen molar-refractivity contribution in [3.63, 3.8) is 0 Å². The normalized spacial score (nSPS) is 16.6. The van der Waals surface area contributed by atoms with Crippen LogP contribution < -0.4 is 5.32 Å². The number of rotatable bonds is 4. The third kappa shape index (κ3) is 3.20. The Hall–Kier alpha value is -0.140. The SMILES string of the molecule is O=C(NCC1(CO)CC1)c1cc(Br)ccc1I. The van der Waals surface area contributed by atoms with Gasteiger partial charge in [-0.3, -0.25) is 4.79 Å². The Balaban J connectivity index is 2.02. The van der Waals surface area contributed by atoms with Crippen molar-refractivity contribution in [1.82, 2.24) is 5.32 Å². The van der Waals surface area contributed by atoms with Gasteiger partial charge in [-0.15, -0.1) is 0 Å². The van der Waals surface area contributed by atoms with E-state index in [2.05, 4.69) is 43.8 Å². The van der Waals surface area contributed by atoms with Crippen molar-refractivity contribution in [2.24, 2.45) is 5.41 Å². The minimum atomic E-state index is -0.0737. The Morgan fingerprint density at radius 1 is 1.53 bits per heavy atom. The maximum absolute atomic E-state index is 12.0. The summed E-state index contributed by atoms with van der Waals surface area (Å²) in [6, 6.07) is 5.63. The first-order valence-electron chi connectivity index (χ1n) is 5.40. The molecule has 1 aromatic rings. The number of benzene rings is 1. The van der Waals surface area contributed by atoms with Gasteiger partial charge in [0.2, 0.25) is 0 Å². The second kappa shape index (κ2) is 5.24. The Kier molecular flexibility index (Phi) is 4.10. The van der Waals surface area contributed by atoms with Gasteiger partial charge in [-0.2, -0.15) is 0 Å². The topological polar surface area (TPSA) is 49.3 Å². The van der Waals surface area contributed by atoms with E-state index in [0.717, 1.165) is 20.9 Å². The largest absolute Gasteiger partial charge is 0.396 e. The van der Waals surface area contributed by atoms with Gasteiger partial charge in [0.05, 0.1) is 12.2 Å². The first-order chi connectivity index (χ1) is 8.06. The molecule has 0 saturated heterocycles. The van der Waals surface area contributed by atoms with Crippen LogP contribution in [-0.2, 0) is 0 Å². The summed E-state index contributed by atoms with van der Waals surface area (Å²) in [6.45, 7) is 0.716. The Bertz CT molecular complexity index is 446. The molecule has 0 bridgehead atoms. The molecule has 1 saturated carbocycles. The van der Waals surface area contributed by atoms with E-state index < -0.39 is 0 Å². The van der Waals surface area contributed by atoms with Crippen LogP contribution in [0.3, 0.4) is 0 Å². The van der Waals surface area contributed by atoms with Gasteiger partial charge in [0.1, 0.15) is 0 Å². The quantitative estimate of drug-likeness (QED) is 0.751. The average molecular weight is 410 g/mol. The number of amides is 1. The number of aliphatic hydroxyl groups excluding tert-OH is 1. The van der Waals surface area contributed by atoms with E-state index >= 15 is 0 Å². The zero-order valence-corrected chi connectivity index (χ0v) is 12.9. The molecule has 1 amide bonds. The summed E-state index contributed by atoms with van der Waals surface area (Å²) in [5.74, 6) is -0.0737. The van der Waals surface area contributed by atoms with E-state index in [9.17, 15) is 9.90 Å². The van der Waals surface area contributed by atoms with Crippen LogP contribution in [0.4, 0.5) is 0 Å². The summed E-state index contributed by atoms with van der Waals surface area (Å²) in [6.07, 6.45) is 2.00. The summed E-state index contributed by atoms with van der Waals surface area (Å²) < 4.78 is 1.82. The van der Waals surface area contributed by atoms with Crippen LogP contribution in [0.2, 0.25) is 0 Å². The predicted molar refractivity (Wildman–Crippen MR) is 77.9 cm³/mol. The molecule has 1 fully saturated rings. The van der Waals surface area contributed by atoms with E-state index in [1.54, 1.807) is 0 Å². The van der Waals surface area contributed by atoms with Crippen LogP contribution in [0.25, 0.3) is 0 Å². The number of hydrogen-bond donors (Lipinski definition) is 2. The molecule has 0 unspecified atom stereocenters. The maximum Gasteiger partial charge on any atom is 0.252 e. The number of hydrogen-bond acceptors (Lipinski definition) is 2. The van der Waals surface area contributed by atoms with Crippen molar-refractivity contribution in [1.29, 1.82) is 0 Å². The van der Waals surface area contributed by atoms with Crippen molar-refractivity contribution in [2.75, 3.05) is 13.2 Å². The van der Waals surface area contributed by atoms with E-state index in [1.807, 2.05) is 18.2 Å². The number of halogens is 2. The number of nitrogens with one attached hydrogen (secondary N) is 1. The lowest BCUT2D eigenvalue weighted by atomic mass is 10.1. The van der Waals surface area contributed by atoms with Crippen LogP contribution in [-0.4, -0.2) is 24.2 Å². The Morgan fingerprint density at radius 3 is 2.82 bits per heavy atom. The summed E-state index contributed by atoms with van der Waals surface area (Å²) in [5.41, 5.74) is 0.626. The lowest BCUT2D eigenvalue weighted by Crippen LogP contribution is -2.32. The number of aliphatic hydroxyl groups is 1. The van der Waals surface area contributed by atoms with Crippen LogP contribution in [0.5, 0.6) is 0 Å². The fourth-order valence-electron chi connectivity index (χ4n) is 1.60. The van der Waals surface area contributed by atoms with Crippen LogP contribution in [0.15, 0.2) is 22.7 Å². The van der Waals surface area contributed by atoms with Gasteiger partial charge in [-0.25, -0.2) is 0 Å². The van der Waals surface area contributed by atoms with Gasteiger partial charge >= 0.3 is 0 Å². The lowest BCUT2D eigenvalue weighted by Gasteiger charge is -2.13. The highest BCUT2D eigenvalue weighted by atomic mass is 127. The molecule has 0 aromatic heterocycles. The molecule has 0 aliphatic heterocycles. The summed E-state index contributed by atoms with van der Waals surface area (Å²) in [4.78, 5) is 12.0. The van der Waals surface area contributed by atoms with E-state index in [4.69, 9.17) is 0 Å². The number of carbonyl (C=O) groups excluding carboxylic acids is 1. The molecule has 0 heterocycles. The summed E-state index contributed by atoms with van der Waals surface area (Å²) >= 11 is 5.50. The molecule has 1 aromatic carbocycles. The molecule has 1 aliphatic rings. The molecule has 2 N–H and O–H groups in total. The van der Waals surface area contributed by atoms with Crippen LogP contribution in [0.1, 0.15) is 23.2 Å². The van der Waals surface area contributed by atoms with Gasteiger partial charge in [-0.05, 0) is 53.6 Å². The van der Waals surface area contributed by atoms with E-state index in [0.29, 0.717) is 12.1 Å². The van der Waals surface area contributed by atoms with Crippen LogP contribution in [0, 0.1) is 8.99 Å². The third-order valence-electron chi connectivity index (χ3n) is 3.09. The van der Waals surface area contributed by atoms with Gasteiger partial charge < -0.3 is 10.4 Å². The molecule has 5 heteroatoms. The second-order valence-corrected chi connectivity index (χ2v) is 6.54. The third-order valence-corrected chi connectivity index (χ3v) is 4.52. The minimum Gasteiger partial charge on any atom is -0.396 e. The molecule has 0 spiro atoms.